The maximum absolute atomic E-state index is 5.78. The van der Waals surface area contributed by atoms with Gasteiger partial charge in [-0.25, -0.2) is 4.98 Å². The quantitative estimate of drug-likeness (QED) is 0.645. The predicted octanol–water partition coefficient (Wildman–Crippen LogP) is 2.50. The number of rotatable bonds is 6. The molecular formula is C12H18ClN5. The third-order valence-electron chi connectivity index (χ3n) is 2.82. The van der Waals surface area contributed by atoms with Crippen LogP contribution in [0.2, 0.25) is 0 Å². The number of aromatic nitrogens is 4. The zero-order chi connectivity index (χ0) is 13.0. The molecule has 2 aromatic heterocycles. The summed E-state index contributed by atoms with van der Waals surface area (Å²) in [5, 5.41) is 7.52. The van der Waals surface area contributed by atoms with E-state index >= 15 is 0 Å². The second kappa shape index (κ2) is 6.00. The van der Waals surface area contributed by atoms with E-state index in [9.17, 15) is 0 Å². The summed E-state index contributed by atoms with van der Waals surface area (Å²) in [6.07, 6.45) is 3.73. The van der Waals surface area contributed by atoms with Crippen LogP contribution in [-0.2, 0) is 0 Å². The van der Waals surface area contributed by atoms with Crippen LogP contribution in [0.1, 0.15) is 25.5 Å². The summed E-state index contributed by atoms with van der Waals surface area (Å²) in [5.74, 6) is 2.86. The third kappa shape index (κ3) is 3.10. The molecule has 6 heteroatoms. The molecular weight excluding hydrogens is 250 g/mol. The Hall–Kier alpha value is -1.36. The Labute approximate surface area is 112 Å². The van der Waals surface area contributed by atoms with E-state index in [1.165, 1.54) is 6.33 Å². The monoisotopic (exact) mass is 267 g/mol. The van der Waals surface area contributed by atoms with Crippen LogP contribution in [0.25, 0.3) is 5.78 Å². The van der Waals surface area contributed by atoms with Crippen LogP contribution in [0.15, 0.2) is 12.4 Å². The van der Waals surface area contributed by atoms with Gasteiger partial charge in [0.2, 0.25) is 0 Å². The summed E-state index contributed by atoms with van der Waals surface area (Å²) in [7, 11) is 0. The molecule has 0 aliphatic carbocycles. The molecule has 0 fully saturated rings. The first-order chi connectivity index (χ1) is 8.70. The fourth-order valence-electron chi connectivity index (χ4n) is 1.80. The summed E-state index contributed by atoms with van der Waals surface area (Å²) < 4.78 is 1.72. The number of hydrogen-bond donors (Lipinski definition) is 1. The SMILES string of the molecule is Cc1cc(NCCCC(C)CCl)n2ncnc2n1. The summed E-state index contributed by atoms with van der Waals surface area (Å²) in [4.78, 5) is 8.39. The molecule has 0 amide bonds. The maximum atomic E-state index is 5.78. The third-order valence-corrected chi connectivity index (χ3v) is 3.35. The summed E-state index contributed by atoms with van der Waals surface area (Å²) in [6, 6.07) is 1.98. The fraction of sp³-hybridized carbons (Fsp3) is 0.583. The average molecular weight is 268 g/mol. The second-order valence-corrected chi connectivity index (χ2v) is 4.89. The molecule has 0 spiro atoms. The lowest BCUT2D eigenvalue weighted by molar-refractivity contribution is 0.572. The molecule has 0 saturated carbocycles. The summed E-state index contributed by atoms with van der Waals surface area (Å²) in [5.41, 5.74) is 0.937. The topological polar surface area (TPSA) is 55.1 Å². The Morgan fingerprint density at radius 3 is 3.11 bits per heavy atom. The van der Waals surface area contributed by atoms with E-state index in [0.717, 1.165) is 36.8 Å². The standard InChI is InChI=1S/C12H18ClN5/c1-9(7-13)4-3-5-14-11-6-10(2)17-12-15-8-16-18(11)12/h6,8-9,14H,3-5,7H2,1-2H3. The number of halogens is 1. The second-order valence-electron chi connectivity index (χ2n) is 4.58. The Kier molecular flexibility index (Phi) is 4.36. The Bertz CT molecular complexity index is 510. The molecule has 1 atom stereocenters. The zero-order valence-corrected chi connectivity index (χ0v) is 11.5. The van der Waals surface area contributed by atoms with Crippen LogP contribution in [-0.4, -0.2) is 32.0 Å². The molecule has 1 N–H and O–H groups in total. The van der Waals surface area contributed by atoms with Gasteiger partial charge in [-0.2, -0.15) is 14.6 Å². The van der Waals surface area contributed by atoms with Gasteiger partial charge in [0.05, 0.1) is 0 Å². The minimum Gasteiger partial charge on any atom is -0.370 e. The zero-order valence-electron chi connectivity index (χ0n) is 10.7. The van der Waals surface area contributed by atoms with Crippen molar-refractivity contribution >= 4 is 23.2 Å². The van der Waals surface area contributed by atoms with Gasteiger partial charge in [-0.05, 0) is 25.7 Å². The van der Waals surface area contributed by atoms with E-state index in [-0.39, 0.29) is 0 Å². The highest BCUT2D eigenvalue weighted by atomic mass is 35.5. The van der Waals surface area contributed by atoms with Crippen LogP contribution in [0, 0.1) is 12.8 Å². The highest BCUT2D eigenvalue weighted by molar-refractivity contribution is 6.18. The van der Waals surface area contributed by atoms with E-state index in [2.05, 4.69) is 27.3 Å². The van der Waals surface area contributed by atoms with Crippen molar-refractivity contribution in [3.05, 3.63) is 18.1 Å². The van der Waals surface area contributed by atoms with Crippen LogP contribution in [0.3, 0.4) is 0 Å². The number of aryl methyl sites for hydroxylation is 1. The molecule has 0 saturated heterocycles. The highest BCUT2D eigenvalue weighted by Gasteiger charge is 2.05. The first-order valence-corrected chi connectivity index (χ1v) is 6.71. The van der Waals surface area contributed by atoms with Gasteiger partial charge in [0.1, 0.15) is 12.1 Å². The van der Waals surface area contributed by atoms with Gasteiger partial charge in [0.25, 0.3) is 5.78 Å². The number of alkyl halides is 1. The minimum atomic E-state index is 0.569. The Morgan fingerprint density at radius 2 is 2.33 bits per heavy atom. The minimum absolute atomic E-state index is 0.569. The normalized spacial score (nSPS) is 12.8. The molecule has 5 nitrogen and oxygen atoms in total. The molecule has 0 bridgehead atoms. The van der Waals surface area contributed by atoms with Crippen LogP contribution in [0.5, 0.6) is 0 Å². The van der Waals surface area contributed by atoms with Gasteiger partial charge < -0.3 is 5.32 Å². The number of nitrogens with zero attached hydrogens (tertiary/aromatic N) is 4. The van der Waals surface area contributed by atoms with Crippen molar-refractivity contribution < 1.29 is 0 Å². The van der Waals surface area contributed by atoms with Crippen molar-refractivity contribution in [2.45, 2.75) is 26.7 Å². The molecule has 2 heterocycles. The van der Waals surface area contributed by atoms with Gasteiger partial charge in [0, 0.05) is 24.2 Å². The van der Waals surface area contributed by atoms with Gasteiger partial charge >= 0.3 is 0 Å². The molecule has 0 aromatic carbocycles. The lowest BCUT2D eigenvalue weighted by Gasteiger charge is -2.10. The number of hydrogen-bond acceptors (Lipinski definition) is 4. The lowest BCUT2D eigenvalue weighted by Crippen LogP contribution is -2.09. The van der Waals surface area contributed by atoms with Gasteiger partial charge in [-0.3, -0.25) is 0 Å². The molecule has 0 aliphatic rings. The van der Waals surface area contributed by atoms with Crippen molar-refractivity contribution in [1.29, 1.82) is 0 Å². The van der Waals surface area contributed by atoms with Crippen molar-refractivity contribution in [3.63, 3.8) is 0 Å². The Balaban J connectivity index is 1.97. The number of nitrogens with one attached hydrogen (secondary N) is 1. The fourth-order valence-corrected chi connectivity index (χ4v) is 1.95. The van der Waals surface area contributed by atoms with E-state index < -0.39 is 0 Å². The van der Waals surface area contributed by atoms with Crippen LogP contribution < -0.4 is 5.32 Å². The van der Waals surface area contributed by atoms with Crippen LogP contribution >= 0.6 is 11.6 Å². The van der Waals surface area contributed by atoms with Crippen molar-refractivity contribution in [3.8, 4) is 0 Å². The molecule has 18 heavy (non-hydrogen) atoms. The Morgan fingerprint density at radius 1 is 1.50 bits per heavy atom. The van der Waals surface area contributed by atoms with Gasteiger partial charge in [-0.15, -0.1) is 11.6 Å². The smallest absolute Gasteiger partial charge is 0.254 e. The summed E-state index contributed by atoms with van der Waals surface area (Å²) in [6.45, 7) is 5.02. The average Bonchev–Trinajstić information content (AvgIpc) is 2.81. The molecule has 0 radical (unpaired) electrons. The molecule has 0 aliphatic heterocycles. The van der Waals surface area contributed by atoms with Crippen LogP contribution in [0.4, 0.5) is 5.82 Å². The van der Waals surface area contributed by atoms with E-state index in [4.69, 9.17) is 11.6 Å². The molecule has 98 valence electrons. The number of fused-ring (bicyclic) bond motifs is 1. The maximum Gasteiger partial charge on any atom is 0.254 e. The molecule has 1 unspecified atom stereocenters. The van der Waals surface area contributed by atoms with Gasteiger partial charge in [-0.1, -0.05) is 6.92 Å². The summed E-state index contributed by atoms with van der Waals surface area (Å²) >= 11 is 5.78. The first-order valence-electron chi connectivity index (χ1n) is 6.18. The van der Waals surface area contributed by atoms with Crippen molar-refractivity contribution in [1.82, 2.24) is 19.6 Å². The van der Waals surface area contributed by atoms with E-state index in [1.807, 2.05) is 13.0 Å². The van der Waals surface area contributed by atoms with E-state index in [0.29, 0.717) is 11.7 Å². The predicted molar refractivity (Wildman–Crippen MR) is 73.1 cm³/mol. The highest BCUT2D eigenvalue weighted by Crippen LogP contribution is 2.11. The van der Waals surface area contributed by atoms with Crippen molar-refractivity contribution in [2.75, 3.05) is 17.7 Å². The largest absolute Gasteiger partial charge is 0.370 e. The van der Waals surface area contributed by atoms with E-state index in [1.54, 1.807) is 4.52 Å². The lowest BCUT2D eigenvalue weighted by atomic mass is 10.1. The van der Waals surface area contributed by atoms with Crippen molar-refractivity contribution in [2.24, 2.45) is 5.92 Å². The number of anilines is 1. The first kappa shape index (κ1) is 13.1. The molecule has 2 rings (SSSR count). The molecule has 2 aromatic rings. The van der Waals surface area contributed by atoms with Gasteiger partial charge in [0.15, 0.2) is 0 Å².